The topological polar surface area (TPSA) is 69.5 Å². The van der Waals surface area contributed by atoms with Crippen LogP contribution in [0.25, 0.3) is 11.4 Å². The number of benzene rings is 2. The van der Waals surface area contributed by atoms with E-state index in [4.69, 9.17) is 9.47 Å². The van der Waals surface area contributed by atoms with Gasteiger partial charge in [0.15, 0.2) is 11.0 Å². The van der Waals surface area contributed by atoms with E-state index in [1.165, 1.54) is 31.0 Å². The maximum absolute atomic E-state index is 13.7. The van der Waals surface area contributed by atoms with Crippen molar-refractivity contribution in [3.8, 4) is 17.1 Å². The van der Waals surface area contributed by atoms with Crippen molar-refractivity contribution in [1.82, 2.24) is 19.7 Å². The van der Waals surface area contributed by atoms with Crippen molar-refractivity contribution in [2.75, 3.05) is 33.4 Å². The fourth-order valence-corrected chi connectivity index (χ4v) is 6.17. The molecule has 1 amide bonds. The molecule has 1 aromatic heterocycles. The highest BCUT2D eigenvalue weighted by atomic mass is 32.2. The summed E-state index contributed by atoms with van der Waals surface area (Å²) in [6, 6.07) is 18.3. The SMILES string of the molecule is COc1ccccc1-c1nnc(S[C@@H](C(=O)N2CCOCC2)c2ccccc2)n1C1CCCCC1. The summed E-state index contributed by atoms with van der Waals surface area (Å²) in [5.74, 6) is 1.68. The summed E-state index contributed by atoms with van der Waals surface area (Å²) in [5.41, 5.74) is 1.90. The molecule has 0 spiro atoms. The fourth-order valence-electron chi connectivity index (χ4n) is 4.98. The Kier molecular flexibility index (Phi) is 7.69. The largest absolute Gasteiger partial charge is 0.496 e. The summed E-state index contributed by atoms with van der Waals surface area (Å²) in [6.45, 7) is 2.39. The molecule has 1 saturated carbocycles. The molecule has 8 heteroatoms. The van der Waals surface area contributed by atoms with Crippen LogP contribution in [0.1, 0.15) is 49.0 Å². The van der Waals surface area contributed by atoms with Crippen LogP contribution < -0.4 is 4.74 Å². The highest BCUT2D eigenvalue weighted by molar-refractivity contribution is 8.00. The number of carbonyl (C=O) groups excluding carboxylic acids is 1. The minimum Gasteiger partial charge on any atom is -0.496 e. The van der Waals surface area contributed by atoms with Gasteiger partial charge in [-0.05, 0) is 30.5 Å². The number of methoxy groups -OCH3 is 1. The molecule has 184 valence electrons. The third-order valence-electron chi connectivity index (χ3n) is 6.82. The van der Waals surface area contributed by atoms with Gasteiger partial charge in [-0.1, -0.05) is 73.5 Å². The molecule has 5 rings (SSSR count). The Morgan fingerprint density at radius 1 is 1.00 bits per heavy atom. The van der Waals surface area contributed by atoms with E-state index in [0.717, 1.165) is 40.7 Å². The van der Waals surface area contributed by atoms with Gasteiger partial charge in [0.05, 0.1) is 25.9 Å². The van der Waals surface area contributed by atoms with E-state index >= 15 is 0 Å². The van der Waals surface area contributed by atoms with Gasteiger partial charge in [0, 0.05) is 19.1 Å². The van der Waals surface area contributed by atoms with Gasteiger partial charge in [0.2, 0.25) is 5.91 Å². The van der Waals surface area contributed by atoms with Gasteiger partial charge in [0.1, 0.15) is 11.0 Å². The Bertz CT molecular complexity index is 1120. The molecule has 0 unspecified atom stereocenters. The highest BCUT2D eigenvalue weighted by Gasteiger charge is 2.32. The van der Waals surface area contributed by atoms with E-state index < -0.39 is 5.25 Å². The van der Waals surface area contributed by atoms with Crippen LogP contribution in [-0.4, -0.2) is 59.0 Å². The fraction of sp³-hybridized carbons (Fsp3) is 0.444. The third-order valence-corrected chi connectivity index (χ3v) is 8.02. The van der Waals surface area contributed by atoms with Gasteiger partial charge in [-0.25, -0.2) is 0 Å². The third kappa shape index (κ3) is 5.23. The van der Waals surface area contributed by atoms with Crippen LogP contribution in [0.2, 0.25) is 0 Å². The van der Waals surface area contributed by atoms with Crippen molar-refractivity contribution >= 4 is 17.7 Å². The molecule has 35 heavy (non-hydrogen) atoms. The molecule has 3 aromatic rings. The molecular weight excluding hydrogens is 460 g/mol. The number of nitrogens with zero attached hydrogens (tertiary/aromatic N) is 4. The molecule has 0 N–H and O–H groups in total. The summed E-state index contributed by atoms with van der Waals surface area (Å²) in [6.07, 6.45) is 5.80. The van der Waals surface area contributed by atoms with Crippen LogP contribution in [0, 0.1) is 0 Å². The van der Waals surface area contributed by atoms with Gasteiger partial charge in [0.25, 0.3) is 0 Å². The van der Waals surface area contributed by atoms with E-state index in [2.05, 4.69) is 14.8 Å². The Hall–Kier alpha value is -2.84. The molecule has 1 saturated heterocycles. The maximum Gasteiger partial charge on any atom is 0.240 e. The Morgan fingerprint density at radius 2 is 1.71 bits per heavy atom. The molecule has 1 aliphatic heterocycles. The van der Waals surface area contributed by atoms with Gasteiger partial charge in [-0.3, -0.25) is 9.36 Å². The second kappa shape index (κ2) is 11.3. The van der Waals surface area contributed by atoms with Crippen LogP contribution in [0.15, 0.2) is 59.8 Å². The van der Waals surface area contributed by atoms with E-state index in [1.807, 2.05) is 59.5 Å². The molecule has 1 atom stereocenters. The first-order valence-electron chi connectivity index (χ1n) is 12.4. The standard InChI is InChI=1S/C27H32N4O3S/c1-33-23-15-9-8-14-22(23)25-28-29-27(31(25)21-12-6-3-7-13-21)35-24(20-10-4-2-5-11-20)26(32)30-16-18-34-19-17-30/h2,4-5,8-11,14-15,21,24H,3,6-7,12-13,16-19H2,1H3/t24-/m1/s1. The predicted molar refractivity (Wildman–Crippen MR) is 137 cm³/mol. The molecule has 2 heterocycles. The first-order valence-corrected chi connectivity index (χ1v) is 13.3. The zero-order valence-electron chi connectivity index (χ0n) is 20.1. The first kappa shape index (κ1) is 23.9. The van der Waals surface area contributed by atoms with Gasteiger partial charge in [-0.2, -0.15) is 0 Å². The second-order valence-electron chi connectivity index (χ2n) is 9.01. The lowest BCUT2D eigenvalue weighted by Crippen LogP contribution is -2.42. The van der Waals surface area contributed by atoms with E-state index in [9.17, 15) is 4.79 Å². The molecule has 1 aliphatic carbocycles. The summed E-state index contributed by atoms with van der Waals surface area (Å²) in [5, 5.41) is 9.71. The number of aromatic nitrogens is 3. The van der Waals surface area contributed by atoms with Crippen molar-refractivity contribution in [3.63, 3.8) is 0 Å². The summed E-state index contributed by atoms with van der Waals surface area (Å²) in [4.78, 5) is 15.7. The Balaban J connectivity index is 1.55. The normalized spacial score (nSPS) is 17.8. The zero-order valence-corrected chi connectivity index (χ0v) is 21.0. The van der Waals surface area contributed by atoms with Crippen LogP contribution in [0.4, 0.5) is 0 Å². The quantitative estimate of drug-likeness (QED) is 0.425. The van der Waals surface area contributed by atoms with E-state index in [0.29, 0.717) is 32.3 Å². The number of hydrogen-bond donors (Lipinski definition) is 0. The molecule has 2 fully saturated rings. The number of carbonyl (C=O) groups is 1. The van der Waals surface area contributed by atoms with Crippen molar-refractivity contribution in [3.05, 3.63) is 60.2 Å². The maximum atomic E-state index is 13.7. The lowest BCUT2D eigenvalue weighted by Gasteiger charge is -2.31. The lowest BCUT2D eigenvalue weighted by molar-refractivity contribution is -0.134. The summed E-state index contributed by atoms with van der Waals surface area (Å²) >= 11 is 1.51. The molecule has 0 bridgehead atoms. The van der Waals surface area contributed by atoms with Crippen molar-refractivity contribution < 1.29 is 14.3 Å². The second-order valence-corrected chi connectivity index (χ2v) is 10.1. The highest BCUT2D eigenvalue weighted by Crippen LogP contribution is 2.42. The smallest absolute Gasteiger partial charge is 0.240 e. The predicted octanol–water partition coefficient (Wildman–Crippen LogP) is 5.15. The van der Waals surface area contributed by atoms with Gasteiger partial charge in [-0.15, -0.1) is 10.2 Å². The van der Waals surface area contributed by atoms with Crippen LogP contribution >= 0.6 is 11.8 Å². The van der Waals surface area contributed by atoms with Crippen LogP contribution in [0.5, 0.6) is 5.75 Å². The number of rotatable bonds is 7. The van der Waals surface area contributed by atoms with Crippen molar-refractivity contribution in [1.29, 1.82) is 0 Å². The molecule has 2 aliphatic rings. The number of morpholine rings is 1. The Morgan fingerprint density at radius 3 is 2.46 bits per heavy atom. The van der Waals surface area contributed by atoms with E-state index in [-0.39, 0.29) is 5.91 Å². The Labute approximate surface area is 210 Å². The molecule has 2 aromatic carbocycles. The zero-order chi connectivity index (χ0) is 24.0. The molecule has 7 nitrogen and oxygen atoms in total. The number of para-hydroxylation sites is 1. The molecular formula is C27H32N4O3S. The lowest BCUT2D eigenvalue weighted by atomic mass is 9.95. The summed E-state index contributed by atoms with van der Waals surface area (Å²) in [7, 11) is 1.68. The minimum atomic E-state index is -0.397. The monoisotopic (exact) mass is 492 g/mol. The number of ether oxygens (including phenoxy) is 2. The summed E-state index contributed by atoms with van der Waals surface area (Å²) < 4.78 is 13.4. The van der Waals surface area contributed by atoms with Gasteiger partial charge < -0.3 is 14.4 Å². The van der Waals surface area contributed by atoms with Crippen LogP contribution in [-0.2, 0) is 9.53 Å². The number of thioether (sulfide) groups is 1. The van der Waals surface area contributed by atoms with Crippen molar-refractivity contribution in [2.24, 2.45) is 0 Å². The van der Waals surface area contributed by atoms with Gasteiger partial charge >= 0.3 is 0 Å². The average Bonchev–Trinajstić information content (AvgIpc) is 3.36. The minimum absolute atomic E-state index is 0.0986. The number of amides is 1. The van der Waals surface area contributed by atoms with E-state index in [1.54, 1.807) is 7.11 Å². The molecule has 0 radical (unpaired) electrons. The average molecular weight is 493 g/mol. The van der Waals surface area contributed by atoms with Crippen molar-refractivity contribution in [2.45, 2.75) is 48.6 Å². The first-order chi connectivity index (χ1) is 17.3. The number of hydrogen-bond acceptors (Lipinski definition) is 6. The van der Waals surface area contributed by atoms with Crippen LogP contribution in [0.3, 0.4) is 0 Å².